The molecule has 1 aromatic rings. The fourth-order valence-electron chi connectivity index (χ4n) is 4.22. The molecule has 2 atom stereocenters. The van der Waals surface area contributed by atoms with Crippen LogP contribution < -0.4 is 5.73 Å². The molecule has 2 heterocycles. The van der Waals surface area contributed by atoms with Crippen LogP contribution in [0.3, 0.4) is 0 Å². The lowest BCUT2D eigenvalue weighted by atomic mass is 9.93. The van der Waals surface area contributed by atoms with Crippen molar-refractivity contribution in [2.45, 2.75) is 63.6 Å². The predicted octanol–water partition coefficient (Wildman–Crippen LogP) is 2.54. The van der Waals surface area contributed by atoms with E-state index in [4.69, 9.17) is 5.73 Å². The Morgan fingerprint density at radius 1 is 1.16 bits per heavy atom. The Morgan fingerprint density at radius 2 is 2.00 bits per heavy atom. The van der Waals surface area contributed by atoms with Crippen LogP contribution in [0.5, 0.6) is 0 Å². The third kappa shape index (κ3) is 1.95. The van der Waals surface area contributed by atoms with Crippen LogP contribution >= 0.6 is 0 Å². The van der Waals surface area contributed by atoms with Crippen molar-refractivity contribution in [3.05, 3.63) is 23.0 Å². The van der Waals surface area contributed by atoms with Gasteiger partial charge in [0.05, 0.1) is 0 Å². The molecule has 1 saturated carbocycles. The number of fused-ring (bicyclic) bond motifs is 1. The second kappa shape index (κ2) is 4.35. The summed E-state index contributed by atoms with van der Waals surface area (Å²) in [5.74, 6) is 0. The summed E-state index contributed by atoms with van der Waals surface area (Å²) in [6.45, 7) is 4.83. The molecule has 104 valence electrons. The number of hydrogen-bond acceptors (Lipinski definition) is 2. The van der Waals surface area contributed by atoms with Crippen molar-refractivity contribution in [3.63, 3.8) is 0 Å². The van der Waals surface area contributed by atoms with Crippen molar-refractivity contribution in [3.8, 4) is 0 Å². The highest BCUT2D eigenvalue weighted by molar-refractivity contribution is 5.33. The molecule has 19 heavy (non-hydrogen) atoms. The summed E-state index contributed by atoms with van der Waals surface area (Å²) in [4.78, 5) is 2.71. The van der Waals surface area contributed by atoms with Crippen molar-refractivity contribution < 1.29 is 0 Å². The number of rotatable bonds is 2. The molecular formula is C16H25N3. The first-order chi connectivity index (χ1) is 9.24. The molecule has 0 bridgehead atoms. The van der Waals surface area contributed by atoms with E-state index in [-0.39, 0.29) is 6.04 Å². The van der Waals surface area contributed by atoms with E-state index < -0.39 is 0 Å². The summed E-state index contributed by atoms with van der Waals surface area (Å²) in [5.41, 5.74) is 10.7. The molecule has 1 saturated heterocycles. The van der Waals surface area contributed by atoms with E-state index in [1.54, 1.807) is 5.69 Å². The molecule has 1 aliphatic heterocycles. The first kappa shape index (κ1) is 12.0. The van der Waals surface area contributed by atoms with Crippen LogP contribution in [0.1, 0.15) is 61.1 Å². The van der Waals surface area contributed by atoms with Gasteiger partial charge in [-0.05, 0) is 57.1 Å². The molecular weight excluding hydrogens is 234 g/mol. The smallest absolute Gasteiger partial charge is 0.0475 e. The Kier molecular flexibility index (Phi) is 2.75. The van der Waals surface area contributed by atoms with E-state index in [9.17, 15) is 0 Å². The fraction of sp³-hybridized carbons (Fsp3) is 0.750. The van der Waals surface area contributed by atoms with E-state index in [0.29, 0.717) is 6.04 Å². The van der Waals surface area contributed by atoms with Crippen LogP contribution in [0.2, 0.25) is 0 Å². The first-order valence-corrected chi connectivity index (χ1v) is 7.94. The quantitative estimate of drug-likeness (QED) is 0.885. The summed E-state index contributed by atoms with van der Waals surface area (Å²) >= 11 is 0. The molecule has 3 nitrogen and oxygen atoms in total. The van der Waals surface area contributed by atoms with Crippen molar-refractivity contribution in [2.75, 3.05) is 13.1 Å². The van der Waals surface area contributed by atoms with Gasteiger partial charge in [-0.1, -0.05) is 0 Å². The Balaban J connectivity index is 1.64. The van der Waals surface area contributed by atoms with Gasteiger partial charge in [0.1, 0.15) is 0 Å². The standard InChI is InChI=1S/C16H25N3/c1-11-9-14-15(17)3-2-4-16(14)19(11)13-7-8-18(10-13)12-5-6-12/h9,12-13,15H,2-8,10,17H2,1H3. The van der Waals surface area contributed by atoms with E-state index in [1.165, 1.54) is 56.5 Å². The second-order valence-corrected chi connectivity index (χ2v) is 6.73. The highest BCUT2D eigenvalue weighted by atomic mass is 15.2. The number of hydrogen-bond donors (Lipinski definition) is 1. The van der Waals surface area contributed by atoms with Gasteiger partial charge in [0, 0.05) is 42.6 Å². The van der Waals surface area contributed by atoms with E-state index >= 15 is 0 Å². The van der Waals surface area contributed by atoms with Crippen LogP contribution in [0.25, 0.3) is 0 Å². The molecule has 1 aromatic heterocycles. The molecule has 0 radical (unpaired) electrons. The Morgan fingerprint density at radius 3 is 2.79 bits per heavy atom. The van der Waals surface area contributed by atoms with E-state index in [2.05, 4.69) is 22.5 Å². The number of nitrogens with zero attached hydrogens (tertiary/aromatic N) is 2. The molecule has 2 N–H and O–H groups in total. The van der Waals surface area contributed by atoms with Crippen molar-refractivity contribution in [1.29, 1.82) is 0 Å². The third-order valence-electron chi connectivity index (χ3n) is 5.32. The van der Waals surface area contributed by atoms with Gasteiger partial charge < -0.3 is 10.3 Å². The van der Waals surface area contributed by atoms with Crippen LogP contribution in [0.4, 0.5) is 0 Å². The largest absolute Gasteiger partial charge is 0.344 e. The van der Waals surface area contributed by atoms with Gasteiger partial charge in [0.15, 0.2) is 0 Å². The molecule has 3 aliphatic rings. The summed E-state index contributed by atoms with van der Waals surface area (Å²) in [5, 5.41) is 0. The Hall–Kier alpha value is -0.800. The molecule has 4 rings (SSSR count). The third-order valence-corrected chi connectivity index (χ3v) is 5.32. The maximum absolute atomic E-state index is 6.29. The van der Waals surface area contributed by atoms with Gasteiger partial charge in [-0.3, -0.25) is 4.90 Å². The number of aromatic nitrogens is 1. The average molecular weight is 259 g/mol. The van der Waals surface area contributed by atoms with Crippen LogP contribution in [-0.2, 0) is 6.42 Å². The number of aryl methyl sites for hydroxylation is 1. The molecule has 2 aliphatic carbocycles. The minimum absolute atomic E-state index is 0.282. The molecule has 2 unspecified atom stereocenters. The highest BCUT2D eigenvalue weighted by Crippen LogP contribution is 2.38. The maximum atomic E-state index is 6.29. The van der Waals surface area contributed by atoms with Gasteiger partial charge in [0.2, 0.25) is 0 Å². The van der Waals surface area contributed by atoms with Crippen LogP contribution in [0, 0.1) is 6.92 Å². The maximum Gasteiger partial charge on any atom is 0.0475 e. The topological polar surface area (TPSA) is 34.2 Å². The van der Waals surface area contributed by atoms with E-state index in [0.717, 1.165) is 12.5 Å². The lowest BCUT2D eigenvalue weighted by molar-refractivity contribution is 0.311. The normalized spacial score (nSPS) is 31.7. The molecule has 0 spiro atoms. The van der Waals surface area contributed by atoms with Gasteiger partial charge in [-0.2, -0.15) is 0 Å². The Bertz CT molecular complexity index is 486. The van der Waals surface area contributed by atoms with Crippen LogP contribution in [0.15, 0.2) is 6.07 Å². The van der Waals surface area contributed by atoms with Gasteiger partial charge in [-0.15, -0.1) is 0 Å². The fourth-order valence-corrected chi connectivity index (χ4v) is 4.22. The SMILES string of the molecule is Cc1cc2c(n1C1CCN(C3CC3)C1)CCCC2N. The molecule has 2 fully saturated rings. The summed E-state index contributed by atoms with van der Waals surface area (Å²) in [7, 11) is 0. The van der Waals surface area contributed by atoms with E-state index in [1.807, 2.05) is 0 Å². The predicted molar refractivity (Wildman–Crippen MR) is 77.3 cm³/mol. The molecule has 0 aromatic carbocycles. The minimum atomic E-state index is 0.282. The zero-order valence-corrected chi connectivity index (χ0v) is 11.9. The second-order valence-electron chi connectivity index (χ2n) is 6.73. The van der Waals surface area contributed by atoms with Gasteiger partial charge >= 0.3 is 0 Å². The minimum Gasteiger partial charge on any atom is -0.344 e. The Labute approximate surface area is 115 Å². The number of nitrogens with two attached hydrogens (primary N) is 1. The average Bonchev–Trinajstić information content (AvgIpc) is 3.03. The number of likely N-dealkylation sites (tertiary alicyclic amines) is 1. The van der Waals surface area contributed by atoms with Crippen molar-refractivity contribution in [1.82, 2.24) is 9.47 Å². The first-order valence-electron chi connectivity index (χ1n) is 7.94. The van der Waals surface area contributed by atoms with Gasteiger partial charge in [-0.25, -0.2) is 0 Å². The lowest BCUT2D eigenvalue weighted by Gasteiger charge is -2.24. The molecule has 3 heteroatoms. The van der Waals surface area contributed by atoms with Crippen LogP contribution in [-0.4, -0.2) is 28.6 Å². The van der Waals surface area contributed by atoms with Gasteiger partial charge in [0.25, 0.3) is 0 Å². The van der Waals surface area contributed by atoms with Crippen molar-refractivity contribution in [2.24, 2.45) is 5.73 Å². The summed E-state index contributed by atoms with van der Waals surface area (Å²) < 4.78 is 2.64. The zero-order chi connectivity index (χ0) is 13.0. The summed E-state index contributed by atoms with van der Waals surface area (Å²) in [6.07, 6.45) is 7.84. The molecule has 0 amide bonds. The highest BCUT2D eigenvalue weighted by Gasteiger charge is 2.36. The summed E-state index contributed by atoms with van der Waals surface area (Å²) in [6, 6.07) is 4.26. The van der Waals surface area contributed by atoms with Crippen molar-refractivity contribution >= 4 is 0 Å². The monoisotopic (exact) mass is 259 g/mol. The zero-order valence-electron chi connectivity index (χ0n) is 11.9. The lowest BCUT2D eigenvalue weighted by Crippen LogP contribution is -2.25.